The molecule has 1 aliphatic rings. The van der Waals surface area contributed by atoms with Gasteiger partial charge in [0.1, 0.15) is 18.3 Å². The van der Waals surface area contributed by atoms with E-state index in [1.54, 1.807) is 20.8 Å². The van der Waals surface area contributed by atoms with Crippen LogP contribution in [-0.2, 0) is 17.1 Å². The summed E-state index contributed by atoms with van der Waals surface area (Å²) < 4.78 is 93.0. The van der Waals surface area contributed by atoms with E-state index < -0.39 is 40.8 Å². The van der Waals surface area contributed by atoms with E-state index in [0.29, 0.717) is 24.1 Å². The molecular formula is C23H23F7N4O. The molecular weight excluding hydrogens is 481 g/mol. The molecule has 190 valence electrons. The molecule has 0 saturated carbocycles. The molecule has 2 rings (SSSR count). The molecule has 1 aromatic rings. The molecule has 0 fully saturated rings. The Bertz CT molecular complexity index is 1090. The number of nitrogens with two attached hydrogens (primary N) is 1. The number of alkyl halides is 6. The fourth-order valence-corrected chi connectivity index (χ4v) is 2.93. The monoisotopic (exact) mass is 504 g/mol. The van der Waals surface area contributed by atoms with Gasteiger partial charge in [-0.25, -0.2) is 9.38 Å². The number of primary amides is 1. The van der Waals surface area contributed by atoms with Crippen LogP contribution in [0.3, 0.4) is 0 Å². The number of hydrogen-bond donors (Lipinski definition) is 2. The number of amides is 1. The Balaban J connectivity index is 2.37. The molecule has 0 unspecified atom stereocenters. The van der Waals surface area contributed by atoms with Gasteiger partial charge < -0.3 is 5.73 Å². The van der Waals surface area contributed by atoms with Gasteiger partial charge in [-0.2, -0.15) is 26.3 Å². The first-order valence-electron chi connectivity index (χ1n) is 10.3. The quantitative estimate of drug-likeness (QED) is 0.281. The van der Waals surface area contributed by atoms with Gasteiger partial charge in [0, 0.05) is 11.8 Å². The highest BCUT2D eigenvalue weighted by Gasteiger charge is 2.37. The number of allylic oxidation sites excluding steroid dienone is 5. The number of halogens is 7. The second kappa shape index (κ2) is 10.8. The van der Waals surface area contributed by atoms with Crippen molar-refractivity contribution in [1.82, 2.24) is 10.4 Å². The minimum Gasteiger partial charge on any atom is -0.366 e. The van der Waals surface area contributed by atoms with E-state index in [2.05, 4.69) is 10.4 Å². The average molecular weight is 504 g/mol. The number of benzene rings is 1. The zero-order valence-corrected chi connectivity index (χ0v) is 19.0. The molecule has 1 amide bonds. The van der Waals surface area contributed by atoms with Crippen LogP contribution in [0.1, 0.15) is 43.9 Å². The molecule has 0 aliphatic carbocycles. The van der Waals surface area contributed by atoms with Gasteiger partial charge in [-0.3, -0.25) is 15.2 Å². The number of aliphatic imine (C=N–C) groups is 1. The van der Waals surface area contributed by atoms with E-state index in [9.17, 15) is 35.5 Å². The van der Waals surface area contributed by atoms with Crippen molar-refractivity contribution in [3.8, 4) is 0 Å². The summed E-state index contributed by atoms with van der Waals surface area (Å²) in [6, 6.07) is 1.09. The van der Waals surface area contributed by atoms with Crippen LogP contribution in [0.15, 0.2) is 70.2 Å². The van der Waals surface area contributed by atoms with E-state index in [4.69, 9.17) is 5.73 Å². The van der Waals surface area contributed by atoms with Crippen molar-refractivity contribution in [2.45, 2.75) is 39.5 Å². The van der Waals surface area contributed by atoms with Crippen molar-refractivity contribution in [3.05, 3.63) is 81.9 Å². The van der Waals surface area contributed by atoms with Gasteiger partial charge >= 0.3 is 12.4 Å². The molecule has 0 spiro atoms. The summed E-state index contributed by atoms with van der Waals surface area (Å²) in [6.45, 7) is 4.70. The van der Waals surface area contributed by atoms with Gasteiger partial charge in [-0.05, 0) is 55.7 Å². The molecule has 0 bridgehead atoms. The molecule has 1 aliphatic heterocycles. The van der Waals surface area contributed by atoms with Crippen LogP contribution in [-0.4, -0.2) is 23.4 Å². The topological polar surface area (TPSA) is 70.7 Å². The minimum atomic E-state index is -5.01. The number of amidine groups is 1. The Labute approximate surface area is 197 Å². The van der Waals surface area contributed by atoms with Gasteiger partial charge in [-0.15, -0.1) is 0 Å². The fraction of sp³-hybridized carbons (Fsp3) is 0.304. The van der Waals surface area contributed by atoms with Crippen LogP contribution in [0.5, 0.6) is 0 Å². The summed E-state index contributed by atoms with van der Waals surface area (Å²) in [5.41, 5.74) is 5.20. The Morgan fingerprint density at radius 2 is 1.69 bits per heavy atom. The Kier molecular flexibility index (Phi) is 8.53. The van der Waals surface area contributed by atoms with Crippen LogP contribution in [0.2, 0.25) is 0 Å². The van der Waals surface area contributed by atoms with Crippen LogP contribution >= 0.6 is 0 Å². The summed E-state index contributed by atoms with van der Waals surface area (Å²) in [4.78, 5) is 16.0. The number of hydrogen-bond acceptors (Lipinski definition) is 4. The summed E-state index contributed by atoms with van der Waals surface area (Å²) in [6.07, 6.45) is -4.39. The van der Waals surface area contributed by atoms with Crippen LogP contribution < -0.4 is 11.2 Å². The smallest absolute Gasteiger partial charge is 0.366 e. The van der Waals surface area contributed by atoms with E-state index in [1.165, 1.54) is 18.4 Å². The van der Waals surface area contributed by atoms with E-state index in [0.717, 1.165) is 11.1 Å². The number of carbonyl (C=O) groups is 1. The van der Waals surface area contributed by atoms with Crippen LogP contribution in [0, 0.1) is 0 Å². The molecule has 5 nitrogen and oxygen atoms in total. The SMILES string of the molecule is C/C=C(\C=C/C(F)=C(\C)CC)C(=C/N1CN=C(c2cc(C(F)(F)F)cc(C(F)(F)F)c2)N1)/C(N)=O. The van der Waals surface area contributed by atoms with Crippen molar-refractivity contribution in [2.75, 3.05) is 6.67 Å². The van der Waals surface area contributed by atoms with Crippen molar-refractivity contribution in [2.24, 2.45) is 10.7 Å². The Morgan fingerprint density at radius 1 is 1.11 bits per heavy atom. The molecule has 35 heavy (non-hydrogen) atoms. The van der Waals surface area contributed by atoms with Gasteiger partial charge in [0.2, 0.25) is 0 Å². The third-order valence-corrected chi connectivity index (χ3v) is 5.01. The van der Waals surface area contributed by atoms with Gasteiger partial charge in [-0.1, -0.05) is 19.1 Å². The molecule has 0 atom stereocenters. The van der Waals surface area contributed by atoms with Crippen molar-refractivity contribution < 1.29 is 35.5 Å². The summed E-state index contributed by atoms with van der Waals surface area (Å²) in [7, 11) is 0. The van der Waals surface area contributed by atoms with Crippen LogP contribution in [0.4, 0.5) is 30.7 Å². The highest BCUT2D eigenvalue weighted by atomic mass is 19.4. The second-order valence-electron chi connectivity index (χ2n) is 7.49. The van der Waals surface area contributed by atoms with Gasteiger partial charge in [0.05, 0.1) is 16.7 Å². The lowest BCUT2D eigenvalue weighted by Gasteiger charge is -2.17. The van der Waals surface area contributed by atoms with Gasteiger partial charge in [0.25, 0.3) is 5.91 Å². The van der Waals surface area contributed by atoms with Crippen molar-refractivity contribution in [3.63, 3.8) is 0 Å². The number of hydrazine groups is 1. The molecule has 3 N–H and O–H groups in total. The predicted molar refractivity (Wildman–Crippen MR) is 117 cm³/mol. The lowest BCUT2D eigenvalue weighted by atomic mass is 10.0. The van der Waals surface area contributed by atoms with Crippen molar-refractivity contribution >= 4 is 11.7 Å². The maximum Gasteiger partial charge on any atom is 0.416 e. The first kappa shape index (κ1) is 27.7. The number of carbonyl (C=O) groups excluding carboxylic acids is 1. The normalized spacial score (nSPS) is 16.4. The number of rotatable bonds is 7. The summed E-state index contributed by atoms with van der Waals surface area (Å²) in [5.74, 6) is -1.66. The average Bonchev–Trinajstić information content (AvgIpc) is 3.25. The lowest BCUT2D eigenvalue weighted by Crippen LogP contribution is -2.34. The van der Waals surface area contributed by atoms with E-state index in [1.807, 2.05) is 0 Å². The largest absolute Gasteiger partial charge is 0.416 e. The molecule has 12 heteroatoms. The Morgan fingerprint density at radius 3 is 2.14 bits per heavy atom. The molecule has 0 saturated heterocycles. The first-order valence-corrected chi connectivity index (χ1v) is 10.3. The molecule has 1 aromatic carbocycles. The zero-order chi connectivity index (χ0) is 26.6. The lowest BCUT2D eigenvalue weighted by molar-refractivity contribution is -0.143. The molecule has 0 radical (unpaired) electrons. The summed E-state index contributed by atoms with van der Waals surface area (Å²) in [5, 5.41) is 1.16. The summed E-state index contributed by atoms with van der Waals surface area (Å²) >= 11 is 0. The van der Waals surface area contributed by atoms with Crippen LogP contribution in [0.25, 0.3) is 0 Å². The maximum atomic E-state index is 14.1. The first-order chi connectivity index (χ1) is 16.2. The standard InChI is InChI=1S/C23H23F7N4O/c1-4-13(3)19(24)7-6-14(5-2)18(20(31)35)11-34-12-32-21(33-34)15-8-16(22(25,26)27)10-17(9-15)23(28,29)30/h5-11H,4,12H2,1-3H3,(H2,31,35)(H,32,33)/b7-6-,14-5+,18-11-,19-13-. The zero-order valence-electron chi connectivity index (χ0n) is 19.0. The van der Waals surface area contributed by atoms with E-state index in [-0.39, 0.29) is 29.7 Å². The Hall–Kier alpha value is -3.57. The number of nitrogens with zero attached hydrogens (tertiary/aromatic N) is 2. The second-order valence-corrected chi connectivity index (χ2v) is 7.49. The third kappa shape index (κ3) is 7.20. The minimum absolute atomic E-state index is 0.0143. The van der Waals surface area contributed by atoms with E-state index >= 15 is 0 Å². The fourth-order valence-electron chi connectivity index (χ4n) is 2.93. The highest BCUT2D eigenvalue weighted by molar-refractivity contribution is 6.00. The number of nitrogens with one attached hydrogen (secondary N) is 1. The molecule has 1 heterocycles. The third-order valence-electron chi connectivity index (χ3n) is 5.01. The van der Waals surface area contributed by atoms with Crippen molar-refractivity contribution in [1.29, 1.82) is 0 Å². The molecule has 0 aromatic heterocycles. The van der Waals surface area contributed by atoms with Gasteiger partial charge in [0.15, 0.2) is 0 Å². The maximum absolute atomic E-state index is 14.1. The predicted octanol–water partition coefficient (Wildman–Crippen LogP) is 5.77. The highest BCUT2D eigenvalue weighted by Crippen LogP contribution is 2.36.